The van der Waals surface area contributed by atoms with E-state index < -0.39 is 4.92 Å². The van der Waals surface area contributed by atoms with Crippen LogP contribution in [-0.4, -0.2) is 17.3 Å². The third-order valence-electron chi connectivity index (χ3n) is 2.93. The van der Waals surface area contributed by atoms with Crippen molar-refractivity contribution in [3.8, 4) is 0 Å². The largest absolute Gasteiger partial charge is 0.385 e. The summed E-state index contributed by atoms with van der Waals surface area (Å²) >= 11 is 5.78. The highest BCUT2D eigenvalue weighted by molar-refractivity contribution is 6.30. The molecular weight excluding hydrogens is 292 g/mol. The number of carbonyl (C=O) groups excluding carboxylic acids is 1. The summed E-state index contributed by atoms with van der Waals surface area (Å²) in [6, 6.07) is 12.8. The maximum atomic E-state index is 11.9. The Labute approximate surface area is 126 Å². The van der Waals surface area contributed by atoms with Crippen molar-refractivity contribution in [3.63, 3.8) is 0 Å². The minimum Gasteiger partial charge on any atom is -0.385 e. The first-order chi connectivity index (χ1) is 10.1. The summed E-state index contributed by atoms with van der Waals surface area (Å²) in [5.74, 6) is -0.0636. The summed E-state index contributed by atoms with van der Waals surface area (Å²) in [5.41, 5.74) is 1.33. The fraction of sp³-hybridized carbons (Fsp3) is 0.133. The highest BCUT2D eigenvalue weighted by Crippen LogP contribution is 2.15. The van der Waals surface area contributed by atoms with Crippen molar-refractivity contribution in [2.45, 2.75) is 6.42 Å². The lowest BCUT2D eigenvalue weighted by Gasteiger charge is -2.06. The number of nitrogens with one attached hydrogen (secondary N) is 1. The molecule has 2 aromatic rings. The van der Waals surface area contributed by atoms with Crippen molar-refractivity contribution in [2.75, 3.05) is 11.9 Å². The van der Waals surface area contributed by atoms with E-state index in [4.69, 9.17) is 11.6 Å². The Hall–Kier alpha value is -2.40. The van der Waals surface area contributed by atoms with Gasteiger partial charge in [-0.3, -0.25) is 14.9 Å². The molecule has 0 saturated heterocycles. The summed E-state index contributed by atoms with van der Waals surface area (Å²) in [5, 5.41) is 14.3. The summed E-state index contributed by atoms with van der Waals surface area (Å²) in [6.45, 7) is 0.484. The molecule has 0 atom stereocenters. The molecule has 0 aliphatic rings. The molecule has 0 radical (unpaired) electrons. The van der Waals surface area contributed by atoms with Crippen LogP contribution in [0.15, 0.2) is 48.5 Å². The van der Waals surface area contributed by atoms with Crippen LogP contribution in [0.5, 0.6) is 0 Å². The zero-order chi connectivity index (χ0) is 15.2. The van der Waals surface area contributed by atoms with Gasteiger partial charge in [0.05, 0.1) is 4.92 Å². The highest BCUT2D eigenvalue weighted by atomic mass is 35.5. The zero-order valence-electron chi connectivity index (χ0n) is 11.1. The van der Waals surface area contributed by atoms with Gasteiger partial charge in [-0.05, 0) is 36.4 Å². The normalized spacial score (nSPS) is 10.1. The number of hydrogen-bond acceptors (Lipinski definition) is 4. The van der Waals surface area contributed by atoms with Crippen molar-refractivity contribution in [2.24, 2.45) is 0 Å². The monoisotopic (exact) mass is 304 g/mol. The molecule has 0 aliphatic heterocycles. The number of nitro benzene ring substituents is 1. The number of anilines is 1. The van der Waals surface area contributed by atoms with Gasteiger partial charge in [-0.25, -0.2) is 0 Å². The van der Waals surface area contributed by atoms with Gasteiger partial charge in [0.2, 0.25) is 0 Å². The summed E-state index contributed by atoms with van der Waals surface area (Å²) < 4.78 is 0. The van der Waals surface area contributed by atoms with Crippen molar-refractivity contribution < 1.29 is 9.72 Å². The molecule has 0 amide bonds. The lowest BCUT2D eigenvalue weighted by Crippen LogP contribution is -2.08. The van der Waals surface area contributed by atoms with E-state index in [2.05, 4.69) is 5.32 Å². The summed E-state index contributed by atoms with van der Waals surface area (Å²) in [6.07, 6.45) is 0.306. The van der Waals surface area contributed by atoms with Crippen LogP contribution < -0.4 is 5.32 Å². The van der Waals surface area contributed by atoms with Gasteiger partial charge in [0.25, 0.3) is 5.69 Å². The topological polar surface area (TPSA) is 72.2 Å². The molecule has 0 unspecified atom stereocenters. The average Bonchev–Trinajstić information content (AvgIpc) is 2.49. The SMILES string of the molecule is O=C(CCNc1ccc(Cl)cc1)c1ccc([N+](=O)[O-])cc1. The van der Waals surface area contributed by atoms with Crippen LogP contribution in [0.25, 0.3) is 0 Å². The molecule has 108 valence electrons. The first kappa shape index (κ1) is 15.0. The van der Waals surface area contributed by atoms with Crippen LogP contribution in [0.1, 0.15) is 16.8 Å². The smallest absolute Gasteiger partial charge is 0.269 e. The molecule has 0 aliphatic carbocycles. The number of benzene rings is 2. The van der Waals surface area contributed by atoms with E-state index in [-0.39, 0.29) is 11.5 Å². The molecule has 2 aromatic carbocycles. The second-order valence-electron chi connectivity index (χ2n) is 4.41. The van der Waals surface area contributed by atoms with Gasteiger partial charge in [-0.2, -0.15) is 0 Å². The van der Waals surface area contributed by atoms with Gasteiger partial charge in [0.15, 0.2) is 5.78 Å². The lowest BCUT2D eigenvalue weighted by atomic mass is 10.1. The highest BCUT2D eigenvalue weighted by Gasteiger charge is 2.09. The van der Waals surface area contributed by atoms with E-state index in [9.17, 15) is 14.9 Å². The average molecular weight is 305 g/mol. The van der Waals surface area contributed by atoms with Crippen molar-refractivity contribution in [1.29, 1.82) is 0 Å². The minimum absolute atomic E-state index is 0.0224. The van der Waals surface area contributed by atoms with Crippen molar-refractivity contribution >= 4 is 28.8 Å². The van der Waals surface area contributed by atoms with Gasteiger partial charge in [0.1, 0.15) is 0 Å². The molecule has 5 nitrogen and oxygen atoms in total. The Morgan fingerprint density at radius 3 is 2.29 bits per heavy atom. The Bertz CT molecular complexity index is 639. The Balaban J connectivity index is 1.86. The van der Waals surface area contributed by atoms with Crippen LogP contribution in [0.4, 0.5) is 11.4 Å². The molecule has 0 fully saturated rings. The fourth-order valence-electron chi connectivity index (χ4n) is 1.80. The standard InChI is InChI=1S/C15H13ClN2O3/c16-12-3-5-13(6-4-12)17-10-9-15(19)11-1-7-14(8-2-11)18(20)21/h1-8,17H,9-10H2. The number of nitrogens with zero attached hydrogens (tertiary/aromatic N) is 1. The third-order valence-corrected chi connectivity index (χ3v) is 3.18. The number of rotatable bonds is 6. The number of Topliss-reactive ketones (excluding diaryl/α,β-unsaturated/α-hetero) is 1. The van der Waals surface area contributed by atoms with E-state index in [1.807, 2.05) is 12.1 Å². The van der Waals surface area contributed by atoms with Crippen LogP contribution in [0.3, 0.4) is 0 Å². The number of ketones is 1. The maximum absolute atomic E-state index is 11.9. The van der Waals surface area contributed by atoms with Crippen molar-refractivity contribution in [3.05, 3.63) is 69.2 Å². The molecular formula is C15H13ClN2O3. The molecule has 0 bridgehead atoms. The Morgan fingerprint density at radius 1 is 1.10 bits per heavy atom. The van der Waals surface area contributed by atoms with E-state index in [0.29, 0.717) is 23.6 Å². The summed E-state index contributed by atoms with van der Waals surface area (Å²) in [7, 11) is 0. The van der Waals surface area contributed by atoms with Crippen LogP contribution in [0.2, 0.25) is 5.02 Å². The van der Waals surface area contributed by atoms with Crippen LogP contribution in [-0.2, 0) is 0 Å². The Kier molecular flexibility index (Phi) is 4.90. The number of non-ortho nitro benzene ring substituents is 1. The van der Waals surface area contributed by atoms with E-state index in [1.165, 1.54) is 24.3 Å². The maximum Gasteiger partial charge on any atom is 0.269 e. The number of nitro groups is 1. The van der Waals surface area contributed by atoms with Gasteiger partial charge in [0, 0.05) is 41.4 Å². The second kappa shape index (κ2) is 6.85. The van der Waals surface area contributed by atoms with Crippen molar-refractivity contribution in [1.82, 2.24) is 0 Å². The molecule has 6 heteroatoms. The number of hydrogen-bond donors (Lipinski definition) is 1. The Morgan fingerprint density at radius 2 is 1.71 bits per heavy atom. The first-order valence-corrected chi connectivity index (χ1v) is 6.71. The molecule has 2 rings (SSSR count). The molecule has 1 N–H and O–H groups in total. The predicted molar refractivity (Wildman–Crippen MR) is 82.0 cm³/mol. The number of carbonyl (C=O) groups is 1. The second-order valence-corrected chi connectivity index (χ2v) is 4.85. The quantitative estimate of drug-likeness (QED) is 0.498. The fourth-order valence-corrected chi connectivity index (χ4v) is 1.93. The van der Waals surface area contributed by atoms with Gasteiger partial charge in [-0.15, -0.1) is 0 Å². The molecule has 21 heavy (non-hydrogen) atoms. The predicted octanol–water partition coefficient (Wildman–Crippen LogP) is 3.93. The van der Waals surface area contributed by atoms with Gasteiger partial charge >= 0.3 is 0 Å². The molecule has 0 heterocycles. The molecule has 0 spiro atoms. The zero-order valence-corrected chi connectivity index (χ0v) is 11.8. The molecule has 0 aromatic heterocycles. The first-order valence-electron chi connectivity index (χ1n) is 6.33. The van der Waals surface area contributed by atoms with Gasteiger partial charge < -0.3 is 5.32 Å². The molecule has 0 saturated carbocycles. The third kappa shape index (κ3) is 4.29. The van der Waals surface area contributed by atoms with E-state index in [0.717, 1.165) is 5.69 Å². The van der Waals surface area contributed by atoms with E-state index in [1.54, 1.807) is 12.1 Å². The van der Waals surface area contributed by atoms with E-state index >= 15 is 0 Å². The number of halogens is 1. The van der Waals surface area contributed by atoms with Gasteiger partial charge in [-0.1, -0.05) is 11.6 Å². The summed E-state index contributed by atoms with van der Waals surface area (Å²) in [4.78, 5) is 22.0. The minimum atomic E-state index is -0.490. The lowest BCUT2D eigenvalue weighted by molar-refractivity contribution is -0.384. The van der Waals surface area contributed by atoms with Crippen LogP contribution in [0, 0.1) is 10.1 Å². The van der Waals surface area contributed by atoms with Crippen LogP contribution >= 0.6 is 11.6 Å².